The molecule has 170 valence electrons. The molecule has 0 saturated heterocycles. The first-order valence-electron chi connectivity index (χ1n) is 12.3. The zero-order chi connectivity index (χ0) is 21.4. The molecule has 1 unspecified atom stereocenters. The summed E-state index contributed by atoms with van der Waals surface area (Å²) in [5.74, 6) is -0.644. The van der Waals surface area contributed by atoms with Crippen molar-refractivity contribution in [3.63, 3.8) is 0 Å². The molecule has 1 atom stereocenters. The molecular formula is C25H52O3. The minimum absolute atomic E-state index is 0.0696. The van der Waals surface area contributed by atoms with Crippen molar-refractivity contribution >= 4 is 0 Å². The van der Waals surface area contributed by atoms with Crippen molar-refractivity contribution in [3.05, 3.63) is 0 Å². The zero-order valence-electron chi connectivity index (χ0n) is 20.5. The molecule has 0 radical (unpaired) electrons. The van der Waals surface area contributed by atoms with Crippen LogP contribution >= 0.6 is 0 Å². The van der Waals surface area contributed by atoms with Crippen LogP contribution in [0.4, 0.5) is 0 Å². The summed E-state index contributed by atoms with van der Waals surface area (Å²) in [7, 11) is 0. The van der Waals surface area contributed by atoms with Crippen molar-refractivity contribution in [1.29, 1.82) is 0 Å². The summed E-state index contributed by atoms with van der Waals surface area (Å²) < 4.78 is 19.3. The molecule has 28 heavy (non-hydrogen) atoms. The molecule has 0 aliphatic heterocycles. The first kappa shape index (κ1) is 27.9. The highest BCUT2D eigenvalue weighted by atomic mass is 16.9. The van der Waals surface area contributed by atoms with Crippen LogP contribution in [0.2, 0.25) is 0 Å². The van der Waals surface area contributed by atoms with Crippen molar-refractivity contribution < 1.29 is 14.2 Å². The van der Waals surface area contributed by atoms with Gasteiger partial charge in [0.2, 0.25) is 0 Å². The molecule has 0 rings (SSSR count). The van der Waals surface area contributed by atoms with Gasteiger partial charge in [-0.1, -0.05) is 78.1 Å². The fourth-order valence-corrected chi connectivity index (χ4v) is 3.84. The van der Waals surface area contributed by atoms with Gasteiger partial charge < -0.3 is 14.2 Å². The smallest absolute Gasteiger partial charge is 0.286 e. The Bertz CT molecular complexity index is 312. The predicted molar refractivity (Wildman–Crippen MR) is 122 cm³/mol. The molecule has 0 heterocycles. The van der Waals surface area contributed by atoms with Crippen LogP contribution in [0.25, 0.3) is 0 Å². The van der Waals surface area contributed by atoms with Crippen molar-refractivity contribution in [2.75, 3.05) is 0 Å². The topological polar surface area (TPSA) is 27.7 Å². The highest BCUT2D eigenvalue weighted by molar-refractivity contribution is 4.76. The van der Waals surface area contributed by atoms with Crippen LogP contribution in [-0.4, -0.2) is 24.3 Å². The van der Waals surface area contributed by atoms with Gasteiger partial charge in [-0.15, -0.1) is 0 Å². The molecule has 0 aromatic rings. The van der Waals surface area contributed by atoms with Gasteiger partial charge in [-0.2, -0.15) is 0 Å². The van der Waals surface area contributed by atoms with Crippen molar-refractivity contribution in [3.8, 4) is 0 Å². The zero-order valence-corrected chi connectivity index (χ0v) is 20.5. The van der Waals surface area contributed by atoms with Gasteiger partial charge >= 0.3 is 0 Å². The quantitative estimate of drug-likeness (QED) is 0.161. The highest BCUT2D eigenvalue weighted by Gasteiger charge is 2.44. The summed E-state index contributed by atoms with van der Waals surface area (Å²) in [6.07, 6.45) is 15.4. The van der Waals surface area contributed by atoms with E-state index in [2.05, 4.69) is 55.4 Å². The Balaban J connectivity index is 5.25. The minimum atomic E-state index is -0.924. The Morgan fingerprint density at radius 2 is 0.821 bits per heavy atom. The van der Waals surface area contributed by atoms with Crippen molar-refractivity contribution in [2.45, 2.75) is 157 Å². The average Bonchev–Trinajstić information content (AvgIpc) is 2.57. The standard InChI is InChI=1S/C25H52O3/c1-9-11-13-15-16-18-20-24(19-17-14-12-10-2)25(26-21(3)4,27-22(5)6)28-23(7)8/h21-24H,9-20H2,1-8H3. The van der Waals surface area contributed by atoms with Gasteiger partial charge in [-0.25, -0.2) is 0 Å². The summed E-state index contributed by atoms with van der Waals surface area (Å²) in [6, 6.07) is 0. The summed E-state index contributed by atoms with van der Waals surface area (Å²) in [4.78, 5) is 0. The van der Waals surface area contributed by atoms with E-state index >= 15 is 0 Å². The maximum absolute atomic E-state index is 6.43. The lowest BCUT2D eigenvalue weighted by molar-refractivity contribution is -0.433. The first-order chi connectivity index (χ1) is 13.3. The van der Waals surface area contributed by atoms with E-state index in [0.29, 0.717) is 0 Å². The molecular weight excluding hydrogens is 348 g/mol. The van der Waals surface area contributed by atoms with Gasteiger partial charge in [0.25, 0.3) is 5.97 Å². The molecule has 0 amide bonds. The van der Waals surface area contributed by atoms with Gasteiger partial charge in [0.1, 0.15) is 0 Å². The molecule has 0 aromatic heterocycles. The molecule has 0 bridgehead atoms. The number of rotatable bonds is 19. The summed E-state index contributed by atoms with van der Waals surface area (Å²) in [6.45, 7) is 17.0. The Morgan fingerprint density at radius 1 is 0.500 bits per heavy atom. The number of ether oxygens (including phenoxy) is 3. The lowest BCUT2D eigenvalue weighted by Gasteiger charge is -2.43. The Hall–Kier alpha value is -0.120. The van der Waals surface area contributed by atoms with Crippen LogP contribution in [0.5, 0.6) is 0 Å². The normalized spacial score (nSPS) is 13.8. The summed E-state index contributed by atoms with van der Waals surface area (Å²) in [5, 5.41) is 0. The molecule has 0 aromatic carbocycles. The largest absolute Gasteiger partial charge is 0.324 e. The third kappa shape index (κ3) is 13.2. The van der Waals surface area contributed by atoms with Crippen LogP contribution in [0.3, 0.4) is 0 Å². The van der Waals surface area contributed by atoms with Crippen LogP contribution in [0.1, 0.15) is 132 Å². The monoisotopic (exact) mass is 400 g/mol. The van der Waals surface area contributed by atoms with Crippen LogP contribution in [-0.2, 0) is 14.2 Å². The second kappa shape index (κ2) is 16.7. The molecule has 0 N–H and O–H groups in total. The number of unbranched alkanes of at least 4 members (excludes halogenated alkanes) is 8. The van der Waals surface area contributed by atoms with E-state index < -0.39 is 5.97 Å². The third-order valence-electron chi connectivity index (χ3n) is 5.01. The van der Waals surface area contributed by atoms with E-state index in [-0.39, 0.29) is 24.2 Å². The first-order valence-corrected chi connectivity index (χ1v) is 12.3. The van der Waals surface area contributed by atoms with Crippen molar-refractivity contribution in [1.82, 2.24) is 0 Å². The summed E-state index contributed by atoms with van der Waals surface area (Å²) in [5.41, 5.74) is 0. The van der Waals surface area contributed by atoms with E-state index in [1.807, 2.05) is 0 Å². The third-order valence-corrected chi connectivity index (χ3v) is 5.01. The van der Waals surface area contributed by atoms with E-state index in [9.17, 15) is 0 Å². The van der Waals surface area contributed by atoms with Gasteiger partial charge in [-0.3, -0.25) is 0 Å². The van der Waals surface area contributed by atoms with Gasteiger partial charge in [0, 0.05) is 5.92 Å². The fraction of sp³-hybridized carbons (Fsp3) is 1.00. The number of hydrogen-bond donors (Lipinski definition) is 0. The highest BCUT2D eigenvalue weighted by Crippen LogP contribution is 2.37. The van der Waals surface area contributed by atoms with Crippen LogP contribution in [0.15, 0.2) is 0 Å². The molecule has 0 aliphatic rings. The second-order valence-electron chi connectivity index (χ2n) is 9.21. The molecule has 0 fully saturated rings. The van der Waals surface area contributed by atoms with Gasteiger partial charge in [0.15, 0.2) is 0 Å². The molecule has 0 saturated carbocycles. The maximum atomic E-state index is 6.43. The SMILES string of the molecule is CCCCCCCCC(CCCCCC)C(OC(C)C)(OC(C)C)OC(C)C. The average molecular weight is 401 g/mol. The fourth-order valence-electron chi connectivity index (χ4n) is 3.84. The number of hydrogen-bond acceptors (Lipinski definition) is 3. The molecule has 3 nitrogen and oxygen atoms in total. The summed E-state index contributed by atoms with van der Waals surface area (Å²) >= 11 is 0. The Labute approximate surface area is 177 Å². The van der Waals surface area contributed by atoms with Crippen molar-refractivity contribution in [2.24, 2.45) is 5.92 Å². The second-order valence-corrected chi connectivity index (χ2v) is 9.21. The van der Waals surface area contributed by atoms with Crippen LogP contribution < -0.4 is 0 Å². The minimum Gasteiger partial charge on any atom is -0.324 e. The van der Waals surface area contributed by atoms with E-state index in [1.165, 1.54) is 64.2 Å². The van der Waals surface area contributed by atoms with E-state index in [0.717, 1.165) is 12.8 Å². The Morgan fingerprint density at radius 3 is 1.18 bits per heavy atom. The van der Waals surface area contributed by atoms with E-state index in [4.69, 9.17) is 14.2 Å². The lowest BCUT2D eigenvalue weighted by Crippen LogP contribution is -2.50. The molecule has 3 heteroatoms. The Kier molecular flexibility index (Phi) is 16.6. The molecule has 0 spiro atoms. The van der Waals surface area contributed by atoms with Gasteiger partial charge in [-0.05, 0) is 54.4 Å². The maximum Gasteiger partial charge on any atom is 0.286 e. The van der Waals surface area contributed by atoms with E-state index in [1.54, 1.807) is 0 Å². The predicted octanol–water partition coefficient (Wildman–Crippen LogP) is 8.25. The van der Waals surface area contributed by atoms with Crippen LogP contribution in [0, 0.1) is 5.92 Å². The lowest BCUT2D eigenvalue weighted by atomic mass is 9.91. The molecule has 0 aliphatic carbocycles. The van der Waals surface area contributed by atoms with Gasteiger partial charge in [0.05, 0.1) is 18.3 Å².